The average molecular weight is 476 g/mol. The Morgan fingerprint density at radius 3 is 2.34 bits per heavy atom. The molecular weight excluding hydrogens is 439 g/mol. The first-order chi connectivity index (χ1) is 16.7. The number of carbonyl (C=O) groups excluding carboxylic acids is 1. The molecule has 2 aromatic rings. The van der Waals surface area contributed by atoms with Gasteiger partial charge in [0, 0.05) is 13.1 Å². The highest BCUT2D eigenvalue weighted by Gasteiger charge is 2.52. The van der Waals surface area contributed by atoms with Crippen LogP contribution in [0.4, 0.5) is 4.79 Å². The van der Waals surface area contributed by atoms with Crippen molar-refractivity contribution in [2.24, 2.45) is 0 Å². The van der Waals surface area contributed by atoms with E-state index in [0.29, 0.717) is 0 Å². The molecule has 1 N–H and O–H groups in total. The van der Waals surface area contributed by atoms with E-state index < -0.39 is 24.4 Å². The summed E-state index contributed by atoms with van der Waals surface area (Å²) in [4.78, 5) is 14.9. The molecule has 1 amide bonds. The standard InChI is InChI=1S/C28H37BN2O4/c1-27(2)28(3,4)35-29(34-27)25(19-30-26(32)33-21-22-11-6-5-7-12-22)18-23-13-10-14-24(17-23)20-31-15-8-9-16-31/h5-7,10-14,17-18H,8-9,15-16,19-21H2,1-4H3,(H,30,32). The normalized spacial score (nSPS) is 19.7. The largest absolute Gasteiger partial charge is 0.492 e. The number of hydrogen-bond donors (Lipinski definition) is 1. The average Bonchev–Trinajstić information content (AvgIpc) is 3.40. The smallest absolute Gasteiger partial charge is 0.445 e. The zero-order valence-electron chi connectivity index (χ0n) is 21.4. The topological polar surface area (TPSA) is 60.0 Å². The fourth-order valence-electron chi connectivity index (χ4n) is 4.34. The molecular formula is C28H37BN2O4. The highest BCUT2D eigenvalue weighted by atomic mass is 16.7. The van der Waals surface area contributed by atoms with Crippen molar-refractivity contribution in [2.45, 2.75) is 64.9 Å². The molecule has 0 bridgehead atoms. The molecule has 0 aliphatic carbocycles. The maximum atomic E-state index is 12.4. The first kappa shape index (κ1) is 25.5. The minimum Gasteiger partial charge on any atom is -0.445 e. The van der Waals surface area contributed by atoms with Gasteiger partial charge < -0.3 is 19.4 Å². The molecule has 0 spiro atoms. The number of rotatable bonds is 8. The van der Waals surface area contributed by atoms with Crippen LogP contribution in [0.15, 0.2) is 60.1 Å². The van der Waals surface area contributed by atoms with E-state index in [1.807, 2.05) is 58.0 Å². The molecule has 6 nitrogen and oxygen atoms in total. The maximum Gasteiger partial charge on any atom is 0.492 e. The predicted octanol–water partition coefficient (Wildman–Crippen LogP) is 5.22. The third-order valence-corrected chi connectivity index (χ3v) is 7.11. The number of ether oxygens (including phenoxy) is 1. The van der Waals surface area contributed by atoms with Gasteiger partial charge >= 0.3 is 13.2 Å². The van der Waals surface area contributed by atoms with Crippen LogP contribution in [0.2, 0.25) is 0 Å². The highest BCUT2D eigenvalue weighted by molar-refractivity contribution is 6.56. The molecule has 4 rings (SSSR count). The molecule has 2 aliphatic rings. The van der Waals surface area contributed by atoms with Crippen LogP contribution in [0.5, 0.6) is 0 Å². The molecule has 2 fully saturated rings. The molecule has 2 aromatic carbocycles. The molecule has 186 valence electrons. The van der Waals surface area contributed by atoms with Crippen molar-refractivity contribution in [1.29, 1.82) is 0 Å². The van der Waals surface area contributed by atoms with Crippen LogP contribution in [0, 0.1) is 0 Å². The van der Waals surface area contributed by atoms with Crippen LogP contribution in [0.25, 0.3) is 6.08 Å². The number of likely N-dealkylation sites (tertiary alicyclic amines) is 1. The minimum absolute atomic E-state index is 0.223. The van der Waals surface area contributed by atoms with Crippen molar-refractivity contribution in [3.05, 3.63) is 76.8 Å². The van der Waals surface area contributed by atoms with E-state index in [4.69, 9.17) is 14.0 Å². The summed E-state index contributed by atoms with van der Waals surface area (Å²) in [5.41, 5.74) is 3.19. The van der Waals surface area contributed by atoms with E-state index in [9.17, 15) is 4.79 Å². The lowest BCUT2D eigenvalue weighted by atomic mass is 9.77. The van der Waals surface area contributed by atoms with Crippen LogP contribution >= 0.6 is 0 Å². The first-order valence-corrected chi connectivity index (χ1v) is 12.5. The number of nitrogens with one attached hydrogen (secondary N) is 1. The third-order valence-electron chi connectivity index (χ3n) is 7.11. The van der Waals surface area contributed by atoms with E-state index in [1.54, 1.807) is 0 Å². The van der Waals surface area contributed by atoms with E-state index in [1.165, 1.54) is 18.4 Å². The van der Waals surface area contributed by atoms with Gasteiger partial charge in [0.2, 0.25) is 0 Å². The summed E-state index contributed by atoms with van der Waals surface area (Å²) in [6.07, 6.45) is 4.14. The number of amides is 1. The lowest BCUT2D eigenvalue weighted by Gasteiger charge is -2.32. The number of nitrogens with zero attached hydrogens (tertiary/aromatic N) is 1. The first-order valence-electron chi connectivity index (χ1n) is 12.5. The van der Waals surface area contributed by atoms with E-state index in [0.717, 1.165) is 36.2 Å². The zero-order valence-corrected chi connectivity index (χ0v) is 21.4. The molecule has 2 heterocycles. The lowest BCUT2D eigenvalue weighted by molar-refractivity contribution is 0.00578. The van der Waals surface area contributed by atoms with Gasteiger partial charge in [-0.1, -0.05) is 60.7 Å². The summed E-state index contributed by atoms with van der Waals surface area (Å²) < 4.78 is 18.0. The Labute approximate surface area is 209 Å². The Balaban J connectivity index is 1.47. The van der Waals surface area contributed by atoms with Gasteiger partial charge in [0.1, 0.15) is 6.61 Å². The number of benzene rings is 2. The fraction of sp³-hybridized carbons (Fsp3) is 0.464. The second-order valence-electron chi connectivity index (χ2n) is 10.5. The lowest BCUT2D eigenvalue weighted by Crippen LogP contribution is -2.41. The van der Waals surface area contributed by atoms with Crippen molar-refractivity contribution in [2.75, 3.05) is 19.6 Å². The molecule has 0 atom stereocenters. The number of alkyl carbamates (subject to hydrolysis) is 1. The van der Waals surface area contributed by atoms with Crippen molar-refractivity contribution in [3.8, 4) is 0 Å². The summed E-state index contributed by atoms with van der Waals surface area (Å²) in [5.74, 6) is 0. The van der Waals surface area contributed by atoms with Crippen LogP contribution < -0.4 is 5.32 Å². The maximum absolute atomic E-state index is 12.4. The molecule has 2 saturated heterocycles. The van der Waals surface area contributed by atoms with Crippen molar-refractivity contribution in [3.63, 3.8) is 0 Å². The Bertz CT molecular complexity index is 1020. The van der Waals surface area contributed by atoms with Crippen molar-refractivity contribution in [1.82, 2.24) is 10.2 Å². The monoisotopic (exact) mass is 476 g/mol. The summed E-state index contributed by atoms with van der Waals surface area (Å²) in [6.45, 7) is 11.9. The Hall–Kier alpha value is -2.61. The van der Waals surface area contributed by atoms with Gasteiger partial charge in [-0.25, -0.2) is 4.79 Å². The van der Waals surface area contributed by atoms with E-state index >= 15 is 0 Å². The highest BCUT2D eigenvalue weighted by Crippen LogP contribution is 2.38. The quantitative estimate of drug-likeness (QED) is 0.530. The summed E-state index contributed by atoms with van der Waals surface area (Å²) in [7, 11) is -0.559. The predicted molar refractivity (Wildman–Crippen MR) is 140 cm³/mol. The van der Waals surface area contributed by atoms with Crippen molar-refractivity contribution >= 4 is 19.3 Å². The van der Waals surface area contributed by atoms with Crippen LogP contribution in [-0.4, -0.2) is 48.9 Å². The summed E-state index contributed by atoms with van der Waals surface area (Å²) >= 11 is 0. The Kier molecular flexibility index (Phi) is 8.00. The SMILES string of the molecule is CC1(C)OB(C(=Cc2cccc(CN3CCCC3)c2)CNC(=O)OCc2ccccc2)OC1(C)C. The minimum atomic E-state index is -0.559. The van der Waals surface area contributed by atoms with E-state index in [2.05, 4.69) is 40.6 Å². The summed E-state index contributed by atoms with van der Waals surface area (Å²) in [5, 5.41) is 2.88. The molecule has 0 unspecified atom stereocenters. The second-order valence-corrected chi connectivity index (χ2v) is 10.5. The molecule has 35 heavy (non-hydrogen) atoms. The summed E-state index contributed by atoms with van der Waals surface area (Å²) in [6, 6.07) is 18.2. The molecule has 7 heteroatoms. The van der Waals surface area contributed by atoms with Crippen molar-refractivity contribution < 1.29 is 18.8 Å². The number of hydrogen-bond acceptors (Lipinski definition) is 5. The Morgan fingerprint density at radius 1 is 1.00 bits per heavy atom. The fourth-order valence-corrected chi connectivity index (χ4v) is 4.34. The van der Waals surface area contributed by atoms with Crippen LogP contribution in [0.3, 0.4) is 0 Å². The van der Waals surface area contributed by atoms with Gasteiger partial charge in [0.25, 0.3) is 0 Å². The molecule has 0 radical (unpaired) electrons. The third kappa shape index (κ3) is 6.75. The van der Waals surface area contributed by atoms with Crippen LogP contribution in [0.1, 0.15) is 57.2 Å². The van der Waals surface area contributed by atoms with Gasteiger partial charge in [-0.3, -0.25) is 4.90 Å². The van der Waals surface area contributed by atoms with Gasteiger partial charge in [-0.2, -0.15) is 0 Å². The Morgan fingerprint density at radius 2 is 1.66 bits per heavy atom. The van der Waals surface area contributed by atoms with Crippen LogP contribution in [-0.2, 0) is 27.2 Å². The van der Waals surface area contributed by atoms with Gasteiger partial charge in [0.05, 0.1) is 11.2 Å². The molecule has 0 saturated carbocycles. The molecule has 0 aromatic heterocycles. The molecule has 2 aliphatic heterocycles. The van der Waals surface area contributed by atoms with E-state index in [-0.39, 0.29) is 13.2 Å². The second kappa shape index (κ2) is 11.0. The number of carbonyl (C=O) groups is 1. The zero-order chi connectivity index (χ0) is 24.9. The van der Waals surface area contributed by atoms with Gasteiger partial charge in [-0.15, -0.1) is 0 Å². The van der Waals surface area contributed by atoms with Gasteiger partial charge in [-0.05, 0) is 75.8 Å². The van der Waals surface area contributed by atoms with Gasteiger partial charge in [0.15, 0.2) is 0 Å².